The van der Waals surface area contributed by atoms with E-state index in [1.807, 2.05) is 45.0 Å². The lowest BCUT2D eigenvalue weighted by Crippen LogP contribution is -2.35. The molecule has 1 unspecified atom stereocenters. The quantitative estimate of drug-likeness (QED) is 0.741. The highest BCUT2D eigenvalue weighted by atomic mass is 79.9. The Morgan fingerprint density at radius 3 is 2.60 bits per heavy atom. The van der Waals surface area contributed by atoms with Gasteiger partial charge in [0, 0.05) is 23.5 Å². The molecule has 7 heteroatoms. The molecule has 0 saturated heterocycles. The van der Waals surface area contributed by atoms with Crippen molar-refractivity contribution in [1.82, 2.24) is 20.4 Å². The van der Waals surface area contributed by atoms with E-state index in [0.717, 1.165) is 22.3 Å². The summed E-state index contributed by atoms with van der Waals surface area (Å²) in [6, 6.07) is 7.84. The molecule has 1 atom stereocenters. The van der Waals surface area contributed by atoms with Gasteiger partial charge in [0.05, 0.1) is 23.1 Å². The number of carbonyl (C=O) groups is 2. The average molecular weight is 407 g/mol. The molecule has 1 aromatic carbocycles. The van der Waals surface area contributed by atoms with Gasteiger partial charge in [-0.05, 0) is 44.5 Å². The third-order valence-electron chi connectivity index (χ3n) is 3.98. The third kappa shape index (κ3) is 5.16. The van der Waals surface area contributed by atoms with E-state index < -0.39 is 0 Å². The van der Waals surface area contributed by atoms with Crippen molar-refractivity contribution in [2.45, 2.75) is 39.7 Å². The maximum atomic E-state index is 12.3. The second-order valence-electron chi connectivity index (χ2n) is 5.91. The zero-order valence-corrected chi connectivity index (χ0v) is 16.3. The van der Waals surface area contributed by atoms with Crippen molar-refractivity contribution in [3.05, 3.63) is 46.2 Å². The predicted octanol–water partition coefficient (Wildman–Crippen LogP) is 2.98. The van der Waals surface area contributed by atoms with E-state index in [1.54, 1.807) is 10.9 Å². The highest BCUT2D eigenvalue weighted by molar-refractivity contribution is 9.10. The summed E-state index contributed by atoms with van der Waals surface area (Å²) in [5.41, 5.74) is 2.14. The second kappa shape index (κ2) is 8.80. The van der Waals surface area contributed by atoms with Gasteiger partial charge in [0.25, 0.3) is 5.91 Å². The first kappa shape index (κ1) is 19.2. The molecule has 0 aliphatic carbocycles. The fourth-order valence-electron chi connectivity index (χ4n) is 2.31. The molecule has 0 fully saturated rings. The largest absolute Gasteiger partial charge is 0.354 e. The predicted molar refractivity (Wildman–Crippen MR) is 101 cm³/mol. The van der Waals surface area contributed by atoms with Gasteiger partial charge in [-0.1, -0.05) is 22.9 Å². The molecule has 0 aliphatic heterocycles. The lowest BCUT2D eigenvalue weighted by atomic mass is 10.2. The second-order valence-corrected chi connectivity index (χ2v) is 6.83. The van der Waals surface area contributed by atoms with E-state index in [-0.39, 0.29) is 24.3 Å². The summed E-state index contributed by atoms with van der Waals surface area (Å²) in [4.78, 5) is 24.1. The number of aromatic nitrogens is 2. The van der Waals surface area contributed by atoms with Crippen LogP contribution >= 0.6 is 15.9 Å². The number of benzene rings is 1. The van der Waals surface area contributed by atoms with Crippen molar-refractivity contribution >= 4 is 27.7 Å². The number of nitrogens with zero attached hydrogens (tertiary/aromatic N) is 2. The Hall–Kier alpha value is -2.15. The molecule has 0 aliphatic rings. The Bertz CT molecular complexity index is 740. The van der Waals surface area contributed by atoms with Crippen molar-refractivity contribution in [1.29, 1.82) is 0 Å². The van der Waals surface area contributed by atoms with Gasteiger partial charge in [-0.15, -0.1) is 0 Å². The average Bonchev–Trinajstić information content (AvgIpc) is 2.97. The molecule has 0 spiro atoms. The standard InChI is InChI=1S/C18H23BrN4O2/c1-4-12(2)22-17(24)9-10-20-18(25)16-11-21-23(13(16)3)15-7-5-14(19)6-8-15/h5-8,11-12H,4,9-10H2,1-3H3,(H,20,25)(H,22,24). The minimum atomic E-state index is -0.225. The van der Waals surface area contributed by atoms with Crippen LogP contribution in [-0.2, 0) is 4.79 Å². The topological polar surface area (TPSA) is 76.0 Å². The molecule has 2 rings (SSSR count). The Balaban J connectivity index is 1.94. The molecule has 134 valence electrons. The van der Waals surface area contributed by atoms with E-state index in [4.69, 9.17) is 0 Å². The first-order valence-corrected chi connectivity index (χ1v) is 9.09. The van der Waals surface area contributed by atoms with Gasteiger partial charge >= 0.3 is 0 Å². The Morgan fingerprint density at radius 2 is 1.96 bits per heavy atom. The van der Waals surface area contributed by atoms with E-state index in [2.05, 4.69) is 31.7 Å². The molecular weight excluding hydrogens is 384 g/mol. The molecule has 0 radical (unpaired) electrons. The SMILES string of the molecule is CCC(C)NC(=O)CCNC(=O)c1cnn(-c2ccc(Br)cc2)c1C. The number of halogens is 1. The highest BCUT2D eigenvalue weighted by Crippen LogP contribution is 2.17. The molecular formula is C18H23BrN4O2. The van der Waals surface area contributed by atoms with E-state index >= 15 is 0 Å². The van der Waals surface area contributed by atoms with Gasteiger partial charge in [-0.2, -0.15) is 5.10 Å². The van der Waals surface area contributed by atoms with Gasteiger partial charge in [0.1, 0.15) is 0 Å². The van der Waals surface area contributed by atoms with Crippen molar-refractivity contribution in [3.63, 3.8) is 0 Å². The number of nitrogens with one attached hydrogen (secondary N) is 2. The van der Waals surface area contributed by atoms with Crippen LogP contribution in [0.4, 0.5) is 0 Å². The van der Waals surface area contributed by atoms with E-state index in [1.165, 1.54) is 0 Å². The molecule has 25 heavy (non-hydrogen) atoms. The molecule has 2 amide bonds. The number of rotatable bonds is 7. The Labute approximate surface area is 156 Å². The maximum absolute atomic E-state index is 12.3. The van der Waals surface area contributed by atoms with Crippen LogP contribution in [0.3, 0.4) is 0 Å². The summed E-state index contributed by atoms with van der Waals surface area (Å²) in [5, 5.41) is 9.94. The Morgan fingerprint density at radius 1 is 1.28 bits per heavy atom. The number of hydrogen-bond donors (Lipinski definition) is 2. The van der Waals surface area contributed by atoms with Crippen LogP contribution in [0.25, 0.3) is 5.69 Å². The summed E-state index contributed by atoms with van der Waals surface area (Å²) >= 11 is 3.40. The Kier molecular flexibility index (Phi) is 6.75. The smallest absolute Gasteiger partial charge is 0.254 e. The van der Waals surface area contributed by atoms with Crippen molar-refractivity contribution in [2.75, 3.05) is 6.54 Å². The van der Waals surface area contributed by atoms with Crippen molar-refractivity contribution < 1.29 is 9.59 Å². The molecule has 2 aromatic rings. The van der Waals surface area contributed by atoms with Crippen LogP contribution in [0, 0.1) is 6.92 Å². The fourth-order valence-corrected chi connectivity index (χ4v) is 2.57. The summed E-state index contributed by atoms with van der Waals surface area (Å²) in [5.74, 6) is -0.283. The van der Waals surface area contributed by atoms with Crippen LogP contribution in [-0.4, -0.2) is 34.2 Å². The van der Waals surface area contributed by atoms with Crippen LogP contribution in [0.2, 0.25) is 0 Å². The zero-order valence-electron chi connectivity index (χ0n) is 14.7. The van der Waals surface area contributed by atoms with Crippen LogP contribution < -0.4 is 10.6 Å². The van der Waals surface area contributed by atoms with Gasteiger partial charge in [0.15, 0.2) is 0 Å². The lowest BCUT2D eigenvalue weighted by Gasteiger charge is -2.11. The summed E-state index contributed by atoms with van der Waals surface area (Å²) in [7, 11) is 0. The molecule has 2 N–H and O–H groups in total. The first-order chi connectivity index (χ1) is 11.9. The van der Waals surface area contributed by atoms with E-state index in [0.29, 0.717) is 12.1 Å². The maximum Gasteiger partial charge on any atom is 0.254 e. The monoisotopic (exact) mass is 406 g/mol. The van der Waals surface area contributed by atoms with Crippen LogP contribution in [0.5, 0.6) is 0 Å². The molecule has 1 heterocycles. The van der Waals surface area contributed by atoms with Crippen LogP contribution in [0.1, 0.15) is 42.7 Å². The molecule has 1 aromatic heterocycles. The lowest BCUT2D eigenvalue weighted by molar-refractivity contribution is -0.121. The minimum absolute atomic E-state index is 0.0584. The number of hydrogen-bond acceptors (Lipinski definition) is 3. The van der Waals surface area contributed by atoms with Crippen molar-refractivity contribution in [3.8, 4) is 5.69 Å². The number of carbonyl (C=O) groups excluding carboxylic acids is 2. The zero-order chi connectivity index (χ0) is 18.4. The third-order valence-corrected chi connectivity index (χ3v) is 4.51. The summed E-state index contributed by atoms with van der Waals surface area (Å²) in [6.45, 7) is 6.11. The van der Waals surface area contributed by atoms with Gasteiger partial charge < -0.3 is 10.6 Å². The van der Waals surface area contributed by atoms with E-state index in [9.17, 15) is 9.59 Å². The summed E-state index contributed by atoms with van der Waals surface area (Å²) < 4.78 is 2.70. The summed E-state index contributed by atoms with van der Waals surface area (Å²) in [6.07, 6.45) is 2.69. The fraction of sp³-hybridized carbons (Fsp3) is 0.389. The minimum Gasteiger partial charge on any atom is -0.354 e. The highest BCUT2D eigenvalue weighted by Gasteiger charge is 2.15. The van der Waals surface area contributed by atoms with Crippen molar-refractivity contribution in [2.24, 2.45) is 0 Å². The van der Waals surface area contributed by atoms with Gasteiger partial charge in [0.2, 0.25) is 5.91 Å². The number of amides is 2. The molecule has 0 saturated carbocycles. The normalized spacial score (nSPS) is 11.8. The molecule has 0 bridgehead atoms. The van der Waals surface area contributed by atoms with Gasteiger partial charge in [-0.25, -0.2) is 4.68 Å². The van der Waals surface area contributed by atoms with Crippen LogP contribution in [0.15, 0.2) is 34.9 Å². The van der Waals surface area contributed by atoms with Gasteiger partial charge in [-0.3, -0.25) is 9.59 Å². The first-order valence-electron chi connectivity index (χ1n) is 8.30. The molecule has 6 nitrogen and oxygen atoms in total.